The summed E-state index contributed by atoms with van der Waals surface area (Å²) in [7, 11) is 0. The third-order valence-electron chi connectivity index (χ3n) is 2.20. The first kappa shape index (κ1) is 14.3. The van der Waals surface area contributed by atoms with Gasteiger partial charge in [-0.15, -0.1) is 0 Å². The number of thioether (sulfide) groups is 1. The van der Waals surface area contributed by atoms with Gasteiger partial charge in [-0.2, -0.15) is 11.8 Å². The monoisotopic (exact) mass is 273 g/mol. The number of nitrogens with one attached hydrogen (secondary N) is 1. The molecule has 6 heteroatoms. The predicted molar refractivity (Wildman–Crippen MR) is 72.1 cm³/mol. The molecule has 3 N–H and O–H groups in total. The normalized spacial score (nSPS) is 12.2. The van der Waals surface area contributed by atoms with Gasteiger partial charge in [-0.05, 0) is 30.6 Å². The fourth-order valence-corrected chi connectivity index (χ4v) is 1.80. The summed E-state index contributed by atoms with van der Waals surface area (Å²) in [5, 5.41) is 3.33. The van der Waals surface area contributed by atoms with Gasteiger partial charge in [-0.1, -0.05) is 11.6 Å². The predicted octanol–water partition coefficient (Wildman–Crippen LogP) is 1.43. The Morgan fingerprint density at radius 2 is 2.41 bits per heavy atom. The zero-order valence-electron chi connectivity index (χ0n) is 9.65. The van der Waals surface area contributed by atoms with E-state index in [-0.39, 0.29) is 5.91 Å². The molecular formula is C11H16ClN3OS. The molecule has 1 atom stereocenters. The van der Waals surface area contributed by atoms with Gasteiger partial charge in [0.05, 0.1) is 23.3 Å². The van der Waals surface area contributed by atoms with E-state index < -0.39 is 6.04 Å². The average molecular weight is 274 g/mol. The van der Waals surface area contributed by atoms with Crippen molar-refractivity contribution < 1.29 is 4.79 Å². The fraction of sp³-hybridized carbons (Fsp3) is 0.455. The number of halogens is 1. The van der Waals surface area contributed by atoms with Crippen molar-refractivity contribution in [3.63, 3.8) is 0 Å². The van der Waals surface area contributed by atoms with Crippen LogP contribution in [0.3, 0.4) is 0 Å². The molecule has 0 bridgehead atoms. The lowest BCUT2D eigenvalue weighted by Crippen LogP contribution is -2.40. The van der Waals surface area contributed by atoms with E-state index >= 15 is 0 Å². The zero-order valence-corrected chi connectivity index (χ0v) is 11.2. The van der Waals surface area contributed by atoms with Gasteiger partial charge in [0.1, 0.15) is 0 Å². The lowest BCUT2D eigenvalue weighted by molar-refractivity contribution is -0.122. The second-order valence-corrected chi connectivity index (χ2v) is 5.00. The molecule has 0 aliphatic carbocycles. The van der Waals surface area contributed by atoms with E-state index in [4.69, 9.17) is 17.3 Å². The number of rotatable bonds is 6. The first-order chi connectivity index (χ1) is 8.13. The van der Waals surface area contributed by atoms with Crippen molar-refractivity contribution in [2.24, 2.45) is 5.73 Å². The molecule has 0 aliphatic heterocycles. The number of aromatic nitrogens is 1. The minimum absolute atomic E-state index is 0.143. The highest BCUT2D eigenvalue weighted by Gasteiger charge is 2.12. The van der Waals surface area contributed by atoms with Crippen molar-refractivity contribution in [3.05, 3.63) is 29.0 Å². The number of nitrogens with zero attached hydrogens (tertiary/aromatic N) is 1. The standard InChI is InChI=1S/C11H16ClN3OS/c1-17-5-4-10(13)11(16)15-7-9-3-2-8(12)6-14-9/h2-3,6,10H,4-5,7,13H2,1H3,(H,15,16). The van der Waals surface area contributed by atoms with Gasteiger partial charge in [0.25, 0.3) is 0 Å². The third kappa shape index (κ3) is 5.39. The Hall–Kier alpha value is -0.780. The molecule has 0 saturated carbocycles. The first-order valence-corrected chi connectivity index (χ1v) is 7.03. The van der Waals surface area contributed by atoms with Crippen molar-refractivity contribution in [1.29, 1.82) is 0 Å². The van der Waals surface area contributed by atoms with Gasteiger partial charge in [-0.25, -0.2) is 0 Å². The van der Waals surface area contributed by atoms with Crippen LogP contribution in [0.4, 0.5) is 0 Å². The van der Waals surface area contributed by atoms with E-state index in [1.165, 1.54) is 0 Å². The van der Waals surface area contributed by atoms with Crippen LogP contribution in [0.2, 0.25) is 5.02 Å². The summed E-state index contributed by atoms with van der Waals surface area (Å²) < 4.78 is 0. The van der Waals surface area contributed by atoms with E-state index in [2.05, 4.69) is 10.3 Å². The Bertz CT molecular complexity index is 358. The molecule has 0 saturated heterocycles. The maximum Gasteiger partial charge on any atom is 0.237 e. The van der Waals surface area contributed by atoms with Gasteiger partial charge < -0.3 is 11.1 Å². The SMILES string of the molecule is CSCCC(N)C(=O)NCc1ccc(Cl)cn1. The van der Waals surface area contributed by atoms with E-state index in [0.717, 1.165) is 11.4 Å². The Morgan fingerprint density at radius 1 is 1.65 bits per heavy atom. The van der Waals surface area contributed by atoms with E-state index in [1.807, 2.05) is 6.26 Å². The zero-order chi connectivity index (χ0) is 12.7. The number of nitrogens with two attached hydrogens (primary N) is 1. The van der Waals surface area contributed by atoms with Crippen LogP contribution in [0, 0.1) is 0 Å². The molecule has 1 amide bonds. The summed E-state index contributed by atoms with van der Waals surface area (Å²) in [6.07, 6.45) is 4.22. The number of hydrogen-bond donors (Lipinski definition) is 2. The molecule has 1 unspecified atom stereocenters. The molecule has 0 spiro atoms. The molecule has 1 aromatic rings. The molecule has 0 aromatic carbocycles. The topological polar surface area (TPSA) is 68.0 Å². The molecule has 0 aliphatic rings. The van der Waals surface area contributed by atoms with Crippen LogP contribution >= 0.6 is 23.4 Å². The van der Waals surface area contributed by atoms with Crippen LogP contribution < -0.4 is 11.1 Å². The molecule has 1 aromatic heterocycles. The summed E-state index contributed by atoms with van der Waals surface area (Å²) >= 11 is 7.39. The van der Waals surface area contributed by atoms with Crippen LogP contribution in [-0.2, 0) is 11.3 Å². The van der Waals surface area contributed by atoms with Crippen molar-refractivity contribution >= 4 is 29.3 Å². The van der Waals surface area contributed by atoms with Crippen molar-refractivity contribution in [2.45, 2.75) is 19.0 Å². The third-order valence-corrected chi connectivity index (χ3v) is 3.07. The molecule has 17 heavy (non-hydrogen) atoms. The largest absolute Gasteiger partial charge is 0.349 e. The van der Waals surface area contributed by atoms with Gasteiger partial charge in [0.15, 0.2) is 0 Å². The number of amides is 1. The van der Waals surface area contributed by atoms with E-state index in [1.54, 1.807) is 30.1 Å². The summed E-state index contributed by atoms with van der Waals surface area (Å²) in [6, 6.07) is 3.06. The van der Waals surface area contributed by atoms with Crippen molar-refractivity contribution in [3.8, 4) is 0 Å². The molecule has 1 rings (SSSR count). The van der Waals surface area contributed by atoms with Crippen LogP contribution in [-0.4, -0.2) is 28.9 Å². The van der Waals surface area contributed by atoms with Crippen LogP contribution in [0.25, 0.3) is 0 Å². The minimum atomic E-state index is -0.449. The smallest absolute Gasteiger partial charge is 0.237 e. The highest BCUT2D eigenvalue weighted by Crippen LogP contribution is 2.06. The maximum atomic E-state index is 11.6. The molecule has 4 nitrogen and oxygen atoms in total. The number of pyridine rings is 1. The lowest BCUT2D eigenvalue weighted by atomic mass is 10.2. The van der Waals surface area contributed by atoms with Gasteiger partial charge in [0, 0.05) is 6.20 Å². The summed E-state index contributed by atoms with van der Waals surface area (Å²) in [6.45, 7) is 0.378. The second-order valence-electron chi connectivity index (χ2n) is 3.57. The van der Waals surface area contributed by atoms with Gasteiger partial charge >= 0.3 is 0 Å². The first-order valence-electron chi connectivity index (χ1n) is 5.26. The number of carbonyl (C=O) groups is 1. The quantitative estimate of drug-likeness (QED) is 0.823. The van der Waals surface area contributed by atoms with Crippen LogP contribution in [0.15, 0.2) is 18.3 Å². The number of carbonyl (C=O) groups excluding carboxylic acids is 1. The molecule has 0 radical (unpaired) electrons. The van der Waals surface area contributed by atoms with E-state index in [9.17, 15) is 4.79 Å². The fourth-order valence-electron chi connectivity index (χ4n) is 1.20. The van der Waals surface area contributed by atoms with Crippen LogP contribution in [0.5, 0.6) is 0 Å². The molecule has 94 valence electrons. The Kier molecular flexibility index (Phi) is 6.32. The molecular weight excluding hydrogens is 258 g/mol. The van der Waals surface area contributed by atoms with E-state index in [0.29, 0.717) is 18.0 Å². The average Bonchev–Trinajstić information content (AvgIpc) is 2.34. The summed E-state index contributed by atoms with van der Waals surface area (Å²) in [4.78, 5) is 15.7. The lowest BCUT2D eigenvalue weighted by Gasteiger charge is -2.11. The molecule has 1 heterocycles. The molecule has 0 fully saturated rings. The Balaban J connectivity index is 2.34. The highest BCUT2D eigenvalue weighted by molar-refractivity contribution is 7.98. The van der Waals surface area contributed by atoms with Crippen molar-refractivity contribution in [2.75, 3.05) is 12.0 Å². The van der Waals surface area contributed by atoms with Gasteiger partial charge in [0.2, 0.25) is 5.91 Å². The summed E-state index contributed by atoms with van der Waals surface area (Å²) in [5.74, 6) is 0.740. The maximum absolute atomic E-state index is 11.6. The number of hydrogen-bond acceptors (Lipinski definition) is 4. The van der Waals surface area contributed by atoms with Crippen molar-refractivity contribution in [1.82, 2.24) is 10.3 Å². The summed E-state index contributed by atoms with van der Waals surface area (Å²) in [5.41, 5.74) is 6.49. The second kappa shape index (κ2) is 7.53. The highest BCUT2D eigenvalue weighted by atomic mass is 35.5. The minimum Gasteiger partial charge on any atom is -0.349 e. The Labute approximate surface area is 110 Å². The Morgan fingerprint density at radius 3 is 3.00 bits per heavy atom. The van der Waals surface area contributed by atoms with Crippen LogP contribution in [0.1, 0.15) is 12.1 Å². The van der Waals surface area contributed by atoms with Gasteiger partial charge in [-0.3, -0.25) is 9.78 Å².